The lowest BCUT2D eigenvalue weighted by Gasteiger charge is -2.04. The van der Waals surface area contributed by atoms with E-state index in [0.29, 0.717) is 12.1 Å². The van der Waals surface area contributed by atoms with Gasteiger partial charge in [-0.3, -0.25) is 4.94 Å². The van der Waals surface area contributed by atoms with Crippen LogP contribution in [0.4, 0.5) is 17.7 Å². The van der Waals surface area contributed by atoms with Gasteiger partial charge in [-0.1, -0.05) is 0 Å². The number of alkyl halides is 1. The Morgan fingerprint density at radius 3 is 2.57 bits per heavy atom. The third kappa shape index (κ3) is 2.01. The van der Waals surface area contributed by atoms with E-state index in [2.05, 4.69) is 4.94 Å². The van der Waals surface area contributed by atoms with Gasteiger partial charge in [0.1, 0.15) is 11.6 Å². The van der Waals surface area contributed by atoms with Crippen molar-refractivity contribution in [2.75, 3.05) is 0 Å². The molecule has 1 aromatic carbocycles. The molecule has 0 amide bonds. The molecule has 14 heavy (non-hydrogen) atoms. The first-order valence-corrected chi connectivity index (χ1v) is 3.47. The molecule has 0 saturated carbocycles. The van der Waals surface area contributed by atoms with Gasteiger partial charge in [-0.05, 0) is 18.2 Å². The standard InChI is InChI=1S/C8H4F4O2/c9-4-1-2-6(10)5(3-4)7(11)8(13)14-12/h1-3,7H. The molecule has 1 rings (SSSR count). The van der Waals surface area contributed by atoms with Crippen LogP contribution < -0.4 is 0 Å². The van der Waals surface area contributed by atoms with Crippen LogP contribution in [0.15, 0.2) is 18.2 Å². The van der Waals surface area contributed by atoms with E-state index in [1.807, 2.05) is 0 Å². The fraction of sp³-hybridized carbons (Fsp3) is 0.125. The van der Waals surface area contributed by atoms with Crippen molar-refractivity contribution in [3.8, 4) is 0 Å². The fourth-order valence-corrected chi connectivity index (χ4v) is 0.875. The lowest BCUT2D eigenvalue weighted by Crippen LogP contribution is -2.09. The van der Waals surface area contributed by atoms with Gasteiger partial charge >= 0.3 is 5.97 Å². The van der Waals surface area contributed by atoms with E-state index >= 15 is 0 Å². The average molecular weight is 208 g/mol. The molecule has 6 heteroatoms. The Morgan fingerprint density at radius 1 is 1.36 bits per heavy atom. The van der Waals surface area contributed by atoms with Crippen molar-refractivity contribution in [1.82, 2.24) is 0 Å². The minimum atomic E-state index is -2.67. The van der Waals surface area contributed by atoms with Gasteiger partial charge in [-0.2, -0.15) is 0 Å². The summed E-state index contributed by atoms with van der Waals surface area (Å²) in [5, 5.41) is 0. The van der Waals surface area contributed by atoms with Crippen LogP contribution >= 0.6 is 0 Å². The zero-order valence-corrected chi connectivity index (χ0v) is 6.64. The topological polar surface area (TPSA) is 26.3 Å². The summed E-state index contributed by atoms with van der Waals surface area (Å²) in [6.45, 7) is 0. The normalized spacial score (nSPS) is 12.3. The minimum Gasteiger partial charge on any atom is -0.251 e. The summed E-state index contributed by atoms with van der Waals surface area (Å²) < 4.78 is 49.4. The molecule has 0 saturated heterocycles. The number of carbonyl (C=O) groups excluding carboxylic acids is 1. The van der Waals surface area contributed by atoms with Crippen molar-refractivity contribution in [2.45, 2.75) is 6.17 Å². The van der Waals surface area contributed by atoms with Crippen molar-refractivity contribution in [2.24, 2.45) is 0 Å². The molecule has 76 valence electrons. The van der Waals surface area contributed by atoms with Crippen LogP contribution in [0, 0.1) is 11.6 Å². The van der Waals surface area contributed by atoms with Crippen LogP contribution in [-0.2, 0) is 9.74 Å². The van der Waals surface area contributed by atoms with Gasteiger partial charge in [0.25, 0.3) is 0 Å². The largest absolute Gasteiger partial charge is 0.387 e. The zero-order valence-electron chi connectivity index (χ0n) is 6.64. The maximum atomic E-state index is 12.8. The summed E-state index contributed by atoms with van der Waals surface area (Å²) in [4.78, 5) is 12.9. The highest BCUT2D eigenvalue weighted by atomic mass is 19.3. The Labute approximate surface area is 76.0 Å². The second-order valence-corrected chi connectivity index (χ2v) is 2.42. The van der Waals surface area contributed by atoms with E-state index in [-0.39, 0.29) is 0 Å². The summed E-state index contributed by atoms with van der Waals surface area (Å²) in [5.41, 5.74) is -0.896. The molecule has 0 spiro atoms. The van der Waals surface area contributed by atoms with Gasteiger partial charge in [-0.25, -0.2) is 18.0 Å². The summed E-state index contributed by atoms with van der Waals surface area (Å²) in [7, 11) is 0. The summed E-state index contributed by atoms with van der Waals surface area (Å²) in [6, 6.07) is 1.83. The lowest BCUT2D eigenvalue weighted by molar-refractivity contribution is -0.190. The second kappa shape index (κ2) is 4.08. The predicted molar refractivity (Wildman–Crippen MR) is 37.4 cm³/mol. The van der Waals surface area contributed by atoms with E-state index < -0.39 is 29.3 Å². The van der Waals surface area contributed by atoms with E-state index in [0.717, 1.165) is 6.07 Å². The molecular formula is C8H4F4O2. The molecule has 0 bridgehead atoms. The Morgan fingerprint density at radius 2 is 2.00 bits per heavy atom. The molecule has 2 nitrogen and oxygen atoms in total. The predicted octanol–water partition coefficient (Wildman–Crippen LogP) is 2.40. The van der Waals surface area contributed by atoms with Crippen LogP contribution in [0.25, 0.3) is 0 Å². The number of rotatable bonds is 2. The third-order valence-corrected chi connectivity index (χ3v) is 1.51. The first-order chi connectivity index (χ1) is 6.56. The van der Waals surface area contributed by atoms with Gasteiger partial charge < -0.3 is 0 Å². The summed E-state index contributed by atoms with van der Waals surface area (Å²) in [5.74, 6) is -4.01. The highest BCUT2D eigenvalue weighted by molar-refractivity contribution is 5.75. The first-order valence-electron chi connectivity index (χ1n) is 3.47. The van der Waals surface area contributed by atoms with Crippen molar-refractivity contribution in [3.63, 3.8) is 0 Å². The summed E-state index contributed by atoms with van der Waals surface area (Å²) >= 11 is 0. The molecule has 1 unspecified atom stereocenters. The van der Waals surface area contributed by atoms with Crippen molar-refractivity contribution in [1.29, 1.82) is 0 Å². The molecule has 1 aromatic rings. The van der Waals surface area contributed by atoms with Crippen LogP contribution in [0.1, 0.15) is 11.7 Å². The number of hydrogen-bond acceptors (Lipinski definition) is 2. The molecular weight excluding hydrogens is 204 g/mol. The van der Waals surface area contributed by atoms with E-state index in [9.17, 15) is 22.5 Å². The van der Waals surface area contributed by atoms with Gasteiger partial charge in [0, 0.05) is 10.1 Å². The number of benzene rings is 1. The SMILES string of the molecule is O=C(OF)C(F)c1cc(F)ccc1F. The molecule has 0 radical (unpaired) electrons. The van der Waals surface area contributed by atoms with Crippen molar-refractivity contribution < 1.29 is 27.4 Å². The molecule has 0 N–H and O–H groups in total. The maximum absolute atomic E-state index is 12.8. The molecule has 0 aliphatic heterocycles. The van der Waals surface area contributed by atoms with Crippen LogP contribution in [0.5, 0.6) is 0 Å². The van der Waals surface area contributed by atoms with E-state index in [1.54, 1.807) is 0 Å². The van der Waals surface area contributed by atoms with Gasteiger partial charge in [0.15, 0.2) is 0 Å². The van der Waals surface area contributed by atoms with Crippen molar-refractivity contribution >= 4 is 5.97 Å². The van der Waals surface area contributed by atoms with Gasteiger partial charge in [-0.15, -0.1) is 0 Å². The van der Waals surface area contributed by atoms with Crippen LogP contribution in [0.3, 0.4) is 0 Å². The maximum Gasteiger partial charge on any atom is 0.387 e. The van der Waals surface area contributed by atoms with E-state index in [4.69, 9.17) is 0 Å². The molecule has 0 aromatic heterocycles. The fourth-order valence-electron chi connectivity index (χ4n) is 0.875. The Kier molecular flexibility index (Phi) is 3.06. The lowest BCUT2D eigenvalue weighted by atomic mass is 10.1. The number of halogens is 4. The zero-order chi connectivity index (χ0) is 10.7. The minimum absolute atomic E-state index is 0.455. The van der Waals surface area contributed by atoms with Crippen LogP contribution in [0.2, 0.25) is 0 Å². The van der Waals surface area contributed by atoms with Crippen molar-refractivity contribution in [3.05, 3.63) is 35.4 Å². The average Bonchev–Trinajstić information content (AvgIpc) is 2.19. The summed E-state index contributed by atoms with van der Waals surface area (Å²) in [6.07, 6.45) is -2.67. The third-order valence-electron chi connectivity index (χ3n) is 1.51. The Bertz CT molecular complexity index is 353. The Hall–Kier alpha value is -1.59. The second-order valence-electron chi connectivity index (χ2n) is 2.42. The van der Waals surface area contributed by atoms with E-state index in [1.165, 1.54) is 0 Å². The molecule has 1 atom stereocenters. The first kappa shape index (κ1) is 10.5. The molecule has 0 aliphatic rings. The highest BCUT2D eigenvalue weighted by Gasteiger charge is 2.25. The molecule has 0 aliphatic carbocycles. The smallest absolute Gasteiger partial charge is 0.251 e. The Balaban J connectivity index is 3.05. The van der Waals surface area contributed by atoms with Crippen LogP contribution in [-0.4, -0.2) is 5.97 Å². The number of carbonyl (C=O) groups is 1. The quantitative estimate of drug-likeness (QED) is 0.697. The monoisotopic (exact) mass is 208 g/mol. The van der Waals surface area contributed by atoms with Gasteiger partial charge in [0.05, 0.1) is 0 Å². The van der Waals surface area contributed by atoms with Gasteiger partial charge in [0.2, 0.25) is 6.17 Å². The molecule has 0 fully saturated rings. The molecule has 0 heterocycles. The number of hydrogen-bond donors (Lipinski definition) is 0. The highest BCUT2D eigenvalue weighted by Crippen LogP contribution is 2.23.